The first-order valence-corrected chi connectivity index (χ1v) is 10.4. The number of benzene rings is 1. The average Bonchev–Trinajstić information content (AvgIpc) is 2.66. The number of nitrogens with zero attached hydrogens (tertiary/aromatic N) is 1. The molecule has 2 N–H and O–H groups in total. The Morgan fingerprint density at radius 1 is 1.33 bits per heavy atom. The van der Waals surface area contributed by atoms with Gasteiger partial charge in [-0.3, -0.25) is 4.99 Å². The summed E-state index contributed by atoms with van der Waals surface area (Å²) in [6, 6.07) is 5.10. The van der Waals surface area contributed by atoms with Crippen molar-refractivity contribution in [1.82, 2.24) is 10.6 Å². The van der Waals surface area contributed by atoms with Gasteiger partial charge in [0.05, 0.1) is 18.2 Å². The van der Waals surface area contributed by atoms with Crippen molar-refractivity contribution in [2.24, 2.45) is 4.99 Å². The molecule has 4 nitrogen and oxygen atoms in total. The molecule has 0 radical (unpaired) electrons. The van der Waals surface area contributed by atoms with Gasteiger partial charge in [-0.2, -0.15) is 24.9 Å². The van der Waals surface area contributed by atoms with E-state index in [4.69, 9.17) is 9.73 Å². The van der Waals surface area contributed by atoms with E-state index in [-0.39, 0.29) is 10.8 Å². The van der Waals surface area contributed by atoms with E-state index < -0.39 is 11.7 Å². The molecule has 0 saturated carbocycles. The van der Waals surface area contributed by atoms with Crippen LogP contribution in [0.5, 0.6) is 0 Å². The van der Waals surface area contributed by atoms with Crippen LogP contribution in [0.15, 0.2) is 29.3 Å². The molecule has 27 heavy (non-hydrogen) atoms. The minimum atomic E-state index is -4.35. The van der Waals surface area contributed by atoms with E-state index in [9.17, 15) is 13.2 Å². The lowest BCUT2D eigenvalue weighted by Crippen LogP contribution is -2.41. The van der Waals surface area contributed by atoms with Gasteiger partial charge in [-0.15, -0.1) is 0 Å². The van der Waals surface area contributed by atoms with Crippen LogP contribution < -0.4 is 10.6 Å². The van der Waals surface area contributed by atoms with E-state index in [2.05, 4.69) is 16.9 Å². The Bertz CT molecular complexity index is 631. The summed E-state index contributed by atoms with van der Waals surface area (Å²) in [5.74, 6) is 0.613. The highest BCUT2D eigenvalue weighted by Gasteiger charge is 2.32. The molecule has 2 rings (SSSR count). The van der Waals surface area contributed by atoms with Gasteiger partial charge in [0.1, 0.15) is 0 Å². The predicted molar refractivity (Wildman–Crippen MR) is 105 cm³/mol. The molecule has 1 unspecified atom stereocenters. The quantitative estimate of drug-likeness (QED) is 0.551. The summed E-state index contributed by atoms with van der Waals surface area (Å²) in [4.78, 5) is 4.71. The maximum absolute atomic E-state index is 13.0. The standard InChI is InChI=1S/C19H28F3N3OS/c1-4-23-17(24-13-18(27-3)8-10-26-11-9-18)25-14(2)15-6-5-7-16(12-15)19(20,21)22/h5-7,12,14H,4,8-11,13H2,1-3H3,(H2,23,24,25). The zero-order valence-corrected chi connectivity index (χ0v) is 16.8. The summed E-state index contributed by atoms with van der Waals surface area (Å²) in [5, 5.41) is 6.41. The Balaban J connectivity index is 2.10. The van der Waals surface area contributed by atoms with Gasteiger partial charge in [0.15, 0.2) is 5.96 Å². The van der Waals surface area contributed by atoms with Crippen molar-refractivity contribution < 1.29 is 17.9 Å². The summed E-state index contributed by atoms with van der Waals surface area (Å²) in [7, 11) is 0. The van der Waals surface area contributed by atoms with Crippen LogP contribution in [0.2, 0.25) is 0 Å². The first-order chi connectivity index (χ1) is 12.8. The van der Waals surface area contributed by atoms with Crippen molar-refractivity contribution in [2.75, 3.05) is 32.6 Å². The summed E-state index contributed by atoms with van der Waals surface area (Å²) in [6.45, 7) is 6.59. The van der Waals surface area contributed by atoms with E-state index in [0.29, 0.717) is 24.6 Å². The molecule has 0 amide bonds. The minimum absolute atomic E-state index is 0.0556. The van der Waals surface area contributed by atoms with E-state index in [1.807, 2.05) is 13.8 Å². The number of hydrogen-bond donors (Lipinski definition) is 2. The van der Waals surface area contributed by atoms with Crippen LogP contribution >= 0.6 is 11.8 Å². The molecule has 0 aliphatic carbocycles. The van der Waals surface area contributed by atoms with Gasteiger partial charge in [0.2, 0.25) is 0 Å². The summed E-state index contributed by atoms with van der Waals surface area (Å²) in [6.07, 6.45) is -0.366. The average molecular weight is 404 g/mol. The number of hydrogen-bond acceptors (Lipinski definition) is 3. The lowest BCUT2D eigenvalue weighted by molar-refractivity contribution is -0.137. The van der Waals surface area contributed by atoms with Crippen molar-refractivity contribution >= 4 is 17.7 Å². The van der Waals surface area contributed by atoms with Gasteiger partial charge >= 0.3 is 6.18 Å². The third-order valence-electron chi connectivity index (χ3n) is 4.77. The number of rotatable bonds is 6. The molecule has 1 saturated heterocycles. The second-order valence-corrected chi connectivity index (χ2v) is 7.96. The lowest BCUT2D eigenvalue weighted by atomic mass is 9.99. The molecular formula is C19H28F3N3OS. The fourth-order valence-corrected chi connectivity index (χ4v) is 3.75. The Morgan fingerprint density at radius 2 is 2.04 bits per heavy atom. The topological polar surface area (TPSA) is 45.7 Å². The second kappa shape index (κ2) is 9.68. The van der Waals surface area contributed by atoms with E-state index in [1.165, 1.54) is 12.1 Å². The normalized spacial score (nSPS) is 18.8. The SMILES string of the molecule is CCNC(=NCC1(SC)CCOCC1)NC(C)c1cccc(C(F)(F)F)c1. The molecule has 152 valence electrons. The summed E-state index contributed by atoms with van der Waals surface area (Å²) in [5.41, 5.74) is -0.0693. The lowest BCUT2D eigenvalue weighted by Gasteiger charge is -2.34. The van der Waals surface area contributed by atoms with Crippen molar-refractivity contribution in [2.45, 2.75) is 43.7 Å². The number of nitrogens with one attached hydrogen (secondary N) is 2. The van der Waals surface area contributed by atoms with Crippen molar-refractivity contribution in [3.8, 4) is 0 Å². The molecule has 8 heteroatoms. The third-order valence-corrected chi connectivity index (χ3v) is 6.18. The smallest absolute Gasteiger partial charge is 0.381 e. The predicted octanol–water partition coefficient (Wildman–Crippen LogP) is 4.23. The molecule has 1 fully saturated rings. The number of alkyl halides is 3. The van der Waals surface area contributed by atoms with Crippen molar-refractivity contribution in [3.05, 3.63) is 35.4 Å². The highest BCUT2D eigenvalue weighted by Crippen LogP contribution is 2.34. The van der Waals surface area contributed by atoms with Gasteiger partial charge in [-0.25, -0.2) is 0 Å². The molecule has 1 aliphatic heterocycles. The highest BCUT2D eigenvalue weighted by molar-refractivity contribution is 8.00. The van der Waals surface area contributed by atoms with Gasteiger partial charge in [-0.05, 0) is 50.6 Å². The van der Waals surface area contributed by atoms with E-state index in [1.54, 1.807) is 17.8 Å². The molecule has 1 aromatic rings. The minimum Gasteiger partial charge on any atom is -0.381 e. The number of ether oxygens (including phenoxy) is 1. The molecule has 1 aliphatic rings. The van der Waals surface area contributed by atoms with Crippen molar-refractivity contribution in [1.29, 1.82) is 0 Å². The Hall–Kier alpha value is -1.41. The van der Waals surface area contributed by atoms with Crippen LogP contribution in [-0.4, -0.2) is 43.3 Å². The zero-order chi connectivity index (χ0) is 19.9. The zero-order valence-electron chi connectivity index (χ0n) is 16.0. The molecule has 1 aromatic carbocycles. The van der Waals surface area contributed by atoms with Crippen molar-refractivity contribution in [3.63, 3.8) is 0 Å². The van der Waals surface area contributed by atoms with Crippen LogP contribution in [0.1, 0.15) is 43.9 Å². The Labute approximate surface area is 163 Å². The second-order valence-electron chi connectivity index (χ2n) is 6.68. The van der Waals surface area contributed by atoms with Crippen LogP contribution in [-0.2, 0) is 10.9 Å². The Morgan fingerprint density at radius 3 is 2.63 bits per heavy atom. The van der Waals surface area contributed by atoms with Crippen LogP contribution in [0.3, 0.4) is 0 Å². The molecule has 0 spiro atoms. The van der Waals surface area contributed by atoms with E-state index in [0.717, 1.165) is 32.1 Å². The van der Waals surface area contributed by atoms with Crippen LogP contribution in [0, 0.1) is 0 Å². The van der Waals surface area contributed by atoms with E-state index >= 15 is 0 Å². The monoisotopic (exact) mass is 403 g/mol. The summed E-state index contributed by atoms with van der Waals surface area (Å²) >= 11 is 1.81. The number of thioether (sulfide) groups is 1. The number of aliphatic imine (C=N–C) groups is 1. The number of guanidine groups is 1. The maximum Gasteiger partial charge on any atom is 0.416 e. The molecule has 1 heterocycles. The first kappa shape index (κ1) is 21.9. The van der Waals surface area contributed by atoms with Gasteiger partial charge in [0, 0.05) is 24.5 Å². The molecule has 1 atom stereocenters. The maximum atomic E-state index is 13.0. The first-order valence-electron chi connectivity index (χ1n) is 9.14. The fourth-order valence-electron chi connectivity index (χ4n) is 2.99. The third kappa shape index (κ3) is 6.31. The highest BCUT2D eigenvalue weighted by atomic mass is 32.2. The van der Waals surface area contributed by atoms with Gasteiger partial charge < -0.3 is 15.4 Å². The van der Waals surface area contributed by atoms with Gasteiger partial charge in [0.25, 0.3) is 0 Å². The molecule has 0 aromatic heterocycles. The van der Waals surface area contributed by atoms with Crippen LogP contribution in [0.25, 0.3) is 0 Å². The van der Waals surface area contributed by atoms with Crippen LogP contribution in [0.4, 0.5) is 13.2 Å². The fraction of sp³-hybridized carbons (Fsp3) is 0.632. The van der Waals surface area contributed by atoms with Gasteiger partial charge in [-0.1, -0.05) is 12.1 Å². The Kier molecular flexibility index (Phi) is 7.85. The molecular weight excluding hydrogens is 375 g/mol. The number of halogens is 3. The molecule has 0 bridgehead atoms. The summed E-state index contributed by atoms with van der Waals surface area (Å²) < 4.78 is 44.4. The largest absolute Gasteiger partial charge is 0.416 e.